The highest BCUT2D eigenvalue weighted by Gasteiger charge is 2.19. The summed E-state index contributed by atoms with van der Waals surface area (Å²) in [7, 11) is 0. The van der Waals surface area contributed by atoms with Crippen LogP contribution >= 0.6 is 0 Å². The van der Waals surface area contributed by atoms with Crippen LogP contribution in [0.1, 0.15) is 5.56 Å². The number of para-hydroxylation sites is 1. The Morgan fingerprint density at radius 2 is 1.63 bits per heavy atom. The highest BCUT2D eigenvalue weighted by molar-refractivity contribution is 5.92. The number of benzene rings is 2. The lowest BCUT2D eigenvalue weighted by Crippen LogP contribution is -2.48. The highest BCUT2D eigenvalue weighted by Crippen LogP contribution is 2.16. The molecule has 1 fully saturated rings. The average molecular weight is 365 g/mol. The first-order valence-electron chi connectivity index (χ1n) is 8.90. The molecule has 1 heterocycles. The monoisotopic (exact) mass is 365 g/mol. The van der Waals surface area contributed by atoms with E-state index in [1.165, 1.54) is 5.69 Å². The molecular formula is C21H23N3O3. The van der Waals surface area contributed by atoms with E-state index in [-0.39, 0.29) is 12.5 Å². The van der Waals surface area contributed by atoms with Gasteiger partial charge in [-0.05, 0) is 35.9 Å². The highest BCUT2D eigenvalue weighted by atomic mass is 16.5. The average Bonchev–Trinajstić information content (AvgIpc) is 2.72. The van der Waals surface area contributed by atoms with E-state index < -0.39 is 5.91 Å². The molecule has 2 amide bonds. The molecule has 1 aliphatic rings. The maximum absolute atomic E-state index is 12.4. The standard InChI is InChI=1S/C21H23N3O3/c22-20(25)16-27-19-9-6-17(7-10-19)8-11-21(26)24-14-12-23(13-15-24)18-4-2-1-3-5-18/h1-11H,12-16H2,(H2,22,25)/b11-8+. The predicted octanol–water partition coefficient (Wildman–Crippen LogP) is 1.91. The Morgan fingerprint density at radius 1 is 0.963 bits per heavy atom. The van der Waals surface area contributed by atoms with Crippen molar-refractivity contribution in [1.29, 1.82) is 0 Å². The Morgan fingerprint density at radius 3 is 2.26 bits per heavy atom. The Bertz CT molecular complexity index is 795. The van der Waals surface area contributed by atoms with Crippen molar-refractivity contribution in [2.24, 2.45) is 5.73 Å². The van der Waals surface area contributed by atoms with Crippen molar-refractivity contribution in [3.63, 3.8) is 0 Å². The maximum atomic E-state index is 12.4. The molecule has 0 unspecified atom stereocenters. The van der Waals surface area contributed by atoms with Crippen molar-refractivity contribution in [2.75, 3.05) is 37.7 Å². The summed E-state index contributed by atoms with van der Waals surface area (Å²) in [6.07, 6.45) is 3.38. The first kappa shape index (κ1) is 18.5. The molecule has 6 heteroatoms. The van der Waals surface area contributed by atoms with Crippen LogP contribution in [0, 0.1) is 0 Å². The minimum absolute atomic E-state index is 0.0109. The molecule has 1 saturated heterocycles. The van der Waals surface area contributed by atoms with Gasteiger partial charge in [0.05, 0.1) is 0 Å². The summed E-state index contributed by atoms with van der Waals surface area (Å²) in [6, 6.07) is 17.4. The Hall–Kier alpha value is -3.28. The molecule has 0 saturated carbocycles. The molecule has 0 bridgehead atoms. The third-order valence-corrected chi connectivity index (χ3v) is 4.39. The van der Waals surface area contributed by atoms with E-state index in [0.717, 1.165) is 18.7 Å². The molecule has 2 N–H and O–H groups in total. The van der Waals surface area contributed by atoms with Gasteiger partial charge in [0.25, 0.3) is 5.91 Å². The summed E-state index contributed by atoms with van der Waals surface area (Å²) in [4.78, 5) is 27.3. The van der Waals surface area contributed by atoms with Crippen LogP contribution in [-0.4, -0.2) is 49.5 Å². The molecule has 2 aromatic carbocycles. The number of primary amides is 1. The molecule has 0 aliphatic carbocycles. The van der Waals surface area contributed by atoms with E-state index in [9.17, 15) is 9.59 Å². The number of hydrogen-bond donors (Lipinski definition) is 1. The quantitative estimate of drug-likeness (QED) is 0.794. The smallest absolute Gasteiger partial charge is 0.255 e. The zero-order valence-electron chi connectivity index (χ0n) is 15.1. The van der Waals surface area contributed by atoms with E-state index in [1.54, 1.807) is 24.3 Å². The van der Waals surface area contributed by atoms with Crippen molar-refractivity contribution in [1.82, 2.24) is 4.90 Å². The van der Waals surface area contributed by atoms with Gasteiger partial charge in [-0.1, -0.05) is 30.3 Å². The fraction of sp³-hybridized carbons (Fsp3) is 0.238. The van der Waals surface area contributed by atoms with Crippen molar-refractivity contribution < 1.29 is 14.3 Å². The third kappa shape index (κ3) is 5.34. The van der Waals surface area contributed by atoms with Gasteiger partial charge in [0.2, 0.25) is 5.91 Å². The van der Waals surface area contributed by atoms with Crippen LogP contribution < -0.4 is 15.4 Å². The van der Waals surface area contributed by atoms with E-state index in [2.05, 4.69) is 17.0 Å². The molecule has 27 heavy (non-hydrogen) atoms. The fourth-order valence-corrected chi connectivity index (χ4v) is 2.93. The SMILES string of the molecule is NC(=O)COc1ccc(/C=C/C(=O)N2CCN(c3ccccc3)CC2)cc1. The molecule has 140 valence electrons. The van der Waals surface area contributed by atoms with Gasteiger partial charge in [-0.2, -0.15) is 0 Å². The second kappa shape index (κ2) is 8.89. The number of ether oxygens (including phenoxy) is 1. The number of carbonyl (C=O) groups excluding carboxylic acids is 2. The van der Waals surface area contributed by atoms with Gasteiger partial charge in [0.1, 0.15) is 5.75 Å². The van der Waals surface area contributed by atoms with E-state index in [0.29, 0.717) is 18.8 Å². The van der Waals surface area contributed by atoms with Gasteiger partial charge >= 0.3 is 0 Å². The van der Waals surface area contributed by atoms with E-state index in [1.807, 2.05) is 35.2 Å². The van der Waals surface area contributed by atoms with Crippen LogP contribution in [-0.2, 0) is 9.59 Å². The molecule has 0 aromatic heterocycles. The number of rotatable bonds is 6. The van der Waals surface area contributed by atoms with Gasteiger partial charge in [0.15, 0.2) is 6.61 Å². The lowest BCUT2D eigenvalue weighted by molar-refractivity contribution is -0.126. The number of piperazine rings is 1. The van der Waals surface area contributed by atoms with Gasteiger partial charge < -0.3 is 20.3 Å². The first-order valence-corrected chi connectivity index (χ1v) is 8.90. The summed E-state index contributed by atoms with van der Waals surface area (Å²) < 4.78 is 5.21. The van der Waals surface area contributed by atoms with Gasteiger partial charge in [-0.25, -0.2) is 0 Å². The molecule has 3 rings (SSSR count). The second-order valence-corrected chi connectivity index (χ2v) is 6.31. The molecule has 0 spiro atoms. The van der Waals surface area contributed by atoms with Gasteiger partial charge in [0, 0.05) is 37.9 Å². The lowest BCUT2D eigenvalue weighted by atomic mass is 10.2. The summed E-state index contributed by atoms with van der Waals surface area (Å²) in [5.74, 6) is 0.0583. The molecule has 0 atom stereocenters. The van der Waals surface area contributed by atoms with Crippen molar-refractivity contribution in [3.8, 4) is 5.75 Å². The summed E-state index contributed by atoms with van der Waals surface area (Å²) in [6.45, 7) is 2.92. The largest absolute Gasteiger partial charge is 0.484 e. The Kier molecular flexibility index (Phi) is 6.10. The minimum atomic E-state index is -0.517. The van der Waals surface area contributed by atoms with Crippen molar-refractivity contribution in [2.45, 2.75) is 0 Å². The predicted molar refractivity (Wildman–Crippen MR) is 105 cm³/mol. The number of nitrogens with two attached hydrogens (primary N) is 1. The third-order valence-electron chi connectivity index (χ3n) is 4.39. The number of carbonyl (C=O) groups is 2. The normalized spacial score (nSPS) is 14.4. The molecule has 2 aromatic rings. The van der Waals surface area contributed by atoms with Crippen molar-refractivity contribution >= 4 is 23.6 Å². The van der Waals surface area contributed by atoms with Crippen LogP contribution in [0.15, 0.2) is 60.7 Å². The summed E-state index contributed by atoms with van der Waals surface area (Å²) in [5, 5.41) is 0. The number of nitrogens with zero attached hydrogens (tertiary/aromatic N) is 2. The van der Waals surface area contributed by atoms with Crippen molar-refractivity contribution in [3.05, 3.63) is 66.2 Å². The minimum Gasteiger partial charge on any atom is -0.484 e. The van der Waals surface area contributed by atoms with Crippen LogP contribution in [0.5, 0.6) is 5.75 Å². The fourth-order valence-electron chi connectivity index (χ4n) is 2.93. The number of hydrogen-bond acceptors (Lipinski definition) is 4. The maximum Gasteiger partial charge on any atom is 0.255 e. The number of anilines is 1. The van der Waals surface area contributed by atoms with Crippen LogP contribution in [0.25, 0.3) is 6.08 Å². The molecule has 6 nitrogen and oxygen atoms in total. The van der Waals surface area contributed by atoms with E-state index in [4.69, 9.17) is 10.5 Å². The van der Waals surface area contributed by atoms with Crippen LogP contribution in [0.4, 0.5) is 5.69 Å². The molecular weight excluding hydrogens is 342 g/mol. The van der Waals surface area contributed by atoms with Gasteiger partial charge in [-0.15, -0.1) is 0 Å². The van der Waals surface area contributed by atoms with Gasteiger partial charge in [-0.3, -0.25) is 9.59 Å². The topological polar surface area (TPSA) is 75.9 Å². The first-order chi connectivity index (χ1) is 13.1. The Balaban J connectivity index is 1.49. The van der Waals surface area contributed by atoms with E-state index >= 15 is 0 Å². The zero-order valence-corrected chi connectivity index (χ0v) is 15.1. The summed E-state index contributed by atoms with van der Waals surface area (Å²) in [5.41, 5.74) is 7.12. The Labute approximate surface area is 158 Å². The van der Waals surface area contributed by atoms with Crippen LogP contribution in [0.2, 0.25) is 0 Å². The zero-order chi connectivity index (χ0) is 19.1. The lowest BCUT2D eigenvalue weighted by Gasteiger charge is -2.35. The summed E-state index contributed by atoms with van der Waals surface area (Å²) >= 11 is 0. The molecule has 0 radical (unpaired) electrons. The number of amides is 2. The molecule has 1 aliphatic heterocycles. The van der Waals surface area contributed by atoms with Crippen LogP contribution in [0.3, 0.4) is 0 Å². The second-order valence-electron chi connectivity index (χ2n) is 6.31.